The van der Waals surface area contributed by atoms with Gasteiger partial charge in [0.05, 0.1) is 5.69 Å². The lowest BCUT2D eigenvalue weighted by Crippen LogP contribution is -2.33. The third-order valence-electron chi connectivity index (χ3n) is 2.87. The zero-order chi connectivity index (χ0) is 12.0. The Morgan fingerprint density at radius 3 is 2.69 bits per heavy atom. The van der Waals surface area contributed by atoms with E-state index >= 15 is 0 Å². The molecule has 4 nitrogen and oxygen atoms in total. The van der Waals surface area contributed by atoms with Crippen LogP contribution in [0.2, 0.25) is 0 Å². The molecule has 0 spiro atoms. The molecule has 1 atom stereocenters. The smallest absolute Gasteiger partial charge is 0.0827 e. The van der Waals surface area contributed by atoms with Crippen molar-refractivity contribution < 1.29 is 0 Å². The van der Waals surface area contributed by atoms with Crippen LogP contribution in [0, 0.1) is 5.92 Å². The molecule has 16 heavy (non-hydrogen) atoms. The van der Waals surface area contributed by atoms with Gasteiger partial charge in [-0.15, -0.1) is 5.10 Å². The molecule has 1 heterocycles. The summed E-state index contributed by atoms with van der Waals surface area (Å²) in [6.45, 7) is 7.76. The normalized spacial score (nSPS) is 13.3. The van der Waals surface area contributed by atoms with E-state index in [2.05, 4.69) is 36.4 Å². The Morgan fingerprint density at radius 2 is 2.19 bits per heavy atom. The van der Waals surface area contributed by atoms with Gasteiger partial charge in [0.25, 0.3) is 0 Å². The second-order valence-corrected chi connectivity index (χ2v) is 4.68. The standard InChI is InChI=1S/C12H24N4/c1-5-13-12(10(2)3)8-6-7-11-9-16(4)15-14-11/h9-10,12-13H,5-8H2,1-4H3. The van der Waals surface area contributed by atoms with Crippen LogP contribution < -0.4 is 5.32 Å². The van der Waals surface area contributed by atoms with Crippen LogP contribution in [0.25, 0.3) is 0 Å². The number of aromatic nitrogens is 3. The highest BCUT2D eigenvalue weighted by Gasteiger charge is 2.11. The van der Waals surface area contributed by atoms with Gasteiger partial charge in [0.2, 0.25) is 0 Å². The van der Waals surface area contributed by atoms with Gasteiger partial charge in [0.15, 0.2) is 0 Å². The minimum atomic E-state index is 0.627. The van der Waals surface area contributed by atoms with Crippen molar-refractivity contribution in [3.05, 3.63) is 11.9 Å². The van der Waals surface area contributed by atoms with Crippen molar-refractivity contribution >= 4 is 0 Å². The molecular weight excluding hydrogens is 200 g/mol. The van der Waals surface area contributed by atoms with E-state index in [9.17, 15) is 0 Å². The van der Waals surface area contributed by atoms with Gasteiger partial charge in [-0.3, -0.25) is 4.68 Å². The van der Waals surface area contributed by atoms with E-state index < -0.39 is 0 Å². The maximum absolute atomic E-state index is 4.10. The number of hydrogen-bond donors (Lipinski definition) is 1. The molecule has 0 bridgehead atoms. The second-order valence-electron chi connectivity index (χ2n) is 4.68. The first-order chi connectivity index (χ1) is 7.63. The zero-order valence-corrected chi connectivity index (χ0v) is 10.9. The van der Waals surface area contributed by atoms with Crippen LogP contribution in [-0.4, -0.2) is 27.6 Å². The average Bonchev–Trinajstić information content (AvgIpc) is 2.63. The van der Waals surface area contributed by atoms with Crippen molar-refractivity contribution in [1.29, 1.82) is 0 Å². The molecule has 0 saturated carbocycles. The van der Waals surface area contributed by atoms with Gasteiger partial charge in [-0.1, -0.05) is 26.0 Å². The highest BCUT2D eigenvalue weighted by Crippen LogP contribution is 2.10. The van der Waals surface area contributed by atoms with Crippen molar-refractivity contribution in [3.63, 3.8) is 0 Å². The predicted octanol–water partition coefficient (Wildman–Crippen LogP) is 1.77. The SMILES string of the molecule is CCNC(CCCc1cn(C)nn1)C(C)C. The van der Waals surface area contributed by atoms with Crippen molar-refractivity contribution in [1.82, 2.24) is 20.3 Å². The maximum Gasteiger partial charge on any atom is 0.0827 e. The summed E-state index contributed by atoms with van der Waals surface area (Å²) in [5, 5.41) is 11.6. The molecule has 1 N–H and O–H groups in total. The summed E-state index contributed by atoms with van der Waals surface area (Å²) in [7, 11) is 1.91. The largest absolute Gasteiger partial charge is 0.314 e. The lowest BCUT2D eigenvalue weighted by Gasteiger charge is -2.21. The molecule has 0 aliphatic rings. The highest BCUT2D eigenvalue weighted by molar-refractivity contribution is 4.91. The lowest BCUT2D eigenvalue weighted by atomic mass is 9.98. The fourth-order valence-corrected chi connectivity index (χ4v) is 1.95. The Morgan fingerprint density at radius 1 is 1.44 bits per heavy atom. The quantitative estimate of drug-likeness (QED) is 0.767. The summed E-state index contributed by atoms with van der Waals surface area (Å²) in [5.74, 6) is 0.696. The fraction of sp³-hybridized carbons (Fsp3) is 0.833. The first-order valence-corrected chi connectivity index (χ1v) is 6.22. The Bertz CT molecular complexity index is 293. The monoisotopic (exact) mass is 224 g/mol. The molecule has 0 radical (unpaired) electrons. The minimum absolute atomic E-state index is 0.627. The van der Waals surface area contributed by atoms with Crippen LogP contribution in [0.15, 0.2) is 6.20 Å². The summed E-state index contributed by atoms with van der Waals surface area (Å²) in [6.07, 6.45) is 5.41. The molecular formula is C12H24N4. The molecule has 0 aromatic carbocycles. The Labute approximate surface area is 98.4 Å². The van der Waals surface area contributed by atoms with Crippen LogP contribution in [0.3, 0.4) is 0 Å². The van der Waals surface area contributed by atoms with Crippen molar-refractivity contribution in [2.24, 2.45) is 13.0 Å². The van der Waals surface area contributed by atoms with E-state index in [1.165, 1.54) is 12.8 Å². The molecule has 0 saturated heterocycles. The topological polar surface area (TPSA) is 42.7 Å². The maximum atomic E-state index is 4.10. The Hall–Kier alpha value is -0.900. The summed E-state index contributed by atoms with van der Waals surface area (Å²) in [6, 6.07) is 0.627. The molecule has 1 unspecified atom stereocenters. The molecule has 1 aromatic heterocycles. The first kappa shape index (κ1) is 13.2. The third kappa shape index (κ3) is 4.31. The molecule has 92 valence electrons. The molecule has 0 amide bonds. The zero-order valence-electron chi connectivity index (χ0n) is 10.9. The van der Waals surface area contributed by atoms with Crippen LogP contribution >= 0.6 is 0 Å². The van der Waals surface area contributed by atoms with Gasteiger partial charge in [0.1, 0.15) is 0 Å². The molecule has 1 rings (SSSR count). The lowest BCUT2D eigenvalue weighted by molar-refractivity contribution is 0.376. The highest BCUT2D eigenvalue weighted by atomic mass is 15.4. The van der Waals surface area contributed by atoms with E-state index in [4.69, 9.17) is 0 Å². The van der Waals surface area contributed by atoms with Crippen molar-refractivity contribution in [2.45, 2.75) is 46.1 Å². The number of nitrogens with one attached hydrogen (secondary N) is 1. The molecule has 0 fully saturated rings. The average molecular weight is 224 g/mol. The number of aryl methyl sites for hydroxylation is 2. The van der Waals surface area contributed by atoms with Crippen molar-refractivity contribution in [2.75, 3.05) is 6.54 Å². The first-order valence-electron chi connectivity index (χ1n) is 6.22. The number of rotatable bonds is 7. The van der Waals surface area contributed by atoms with Crippen LogP contribution in [0.5, 0.6) is 0 Å². The summed E-state index contributed by atoms with van der Waals surface area (Å²) >= 11 is 0. The van der Waals surface area contributed by atoms with E-state index in [-0.39, 0.29) is 0 Å². The minimum Gasteiger partial charge on any atom is -0.314 e. The molecule has 1 aromatic rings. The van der Waals surface area contributed by atoms with Gasteiger partial charge in [-0.2, -0.15) is 0 Å². The van der Waals surface area contributed by atoms with Crippen LogP contribution in [0.1, 0.15) is 39.3 Å². The Balaban J connectivity index is 2.27. The van der Waals surface area contributed by atoms with E-state index in [0.717, 1.165) is 18.7 Å². The van der Waals surface area contributed by atoms with Gasteiger partial charge in [0, 0.05) is 19.3 Å². The molecule has 0 aliphatic heterocycles. The summed E-state index contributed by atoms with van der Waals surface area (Å²) in [4.78, 5) is 0. The summed E-state index contributed by atoms with van der Waals surface area (Å²) in [5.41, 5.74) is 1.10. The third-order valence-corrected chi connectivity index (χ3v) is 2.87. The van der Waals surface area contributed by atoms with Gasteiger partial charge < -0.3 is 5.32 Å². The van der Waals surface area contributed by atoms with Gasteiger partial charge in [-0.05, 0) is 31.7 Å². The van der Waals surface area contributed by atoms with E-state index in [0.29, 0.717) is 12.0 Å². The van der Waals surface area contributed by atoms with Gasteiger partial charge in [-0.25, -0.2) is 0 Å². The van der Waals surface area contributed by atoms with Crippen LogP contribution in [-0.2, 0) is 13.5 Å². The Kier molecular flexibility index (Phi) is 5.46. The number of hydrogen-bond acceptors (Lipinski definition) is 3. The molecule has 4 heteroatoms. The summed E-state index contributed by atoms with van der Waals surface area (Å²) < 4.78 is 1.76. The van der Waals surface area contributed by atoms with Crippen LogP contribution in [0.4, 0.5) is 0 Å². The van der Waals surface area contributed by atoms with E-state index in [1.54, 1.807) is 4.68 Å². The molecule has 0 aliphatic carbocycles. The van der Waals surface area contributed by atoms with E-state index in [1.807, 2.05) is 13.2 Å². The van der Waals surface area contributed by atoms with Gasteiger partial charge >= 0.3 is 0 Å². The fourth-order valence-electron chi connectivity index (χ4n) is 1.95. The number of nitrogens with zero attached hydrogens (tertiary/aromatic N) is 3. The predicted molar refractivity (Wildman–Crippen MR) is 66.2 cm³/mol. The van der Waals surface area contributed by atoms with Crippen molar-refractivity contribution in [3.8, 4) is 0 Å². The second kappa shape index (κ2) is 6.63.